The number of hydrogen-bond donors (Lipinski definition) is 2. The van der Waals surface area contributed by atoms with E-state index in [0.717, 1.165) is 31.8 Å². The van der Waals surface area contributed by atoms with E-state index in [4.69, 9.17) is 5.73 Å². The van der Waals surface area contributed by atoms with Crippen LogP contribution in [0, 0.1) is 5.92 Å². The number of rotatable bonds is 8. The van der Waals surface area contributed by atoms with Gasteiger partial charge in [0.1, 0.15) is 0 Å². The van der Waals surface area contributed by atoms with Crippen molar-refractivity contribution >= 4 is 5.91 Å². The van der Waals surface area contributed by atoms with Gasteiger partial charge in [-0.1, -0.05) is 32.1 Å². The molecule has 0 unspecified atom stereocenters. The molecule has 16 heavy (non-hydrogen) atoms. The van der Waals surface area contributed by atoms with Crippen LogP contribution in [-0.2, 0) is 4.79 Å². The zero-order chi connectivity index (χ0) is 11.6. The Morgan fingerprint density at radius 1 is 1.12 bits per heavy atom. The molecule has 1 aliphatic rings. The second-order valence-electron chi connectivity index (χ2n) is 4.97. The predicted molar refractivity (Wildman–Crippen MR) is 67.1 cm³/mol. The third kappa shape index (κ3) is 6.83. The van der Waals surface area contributed by atoms with E-state index >= 15 is 0 Å². The Labute approximate surface area is 99.2 Å². The molecular formula is C13H26N2O. The molecule has 0 bridgehead atoms. The van der Waals surface area contributed by atoms with Gasteiger partial charge in [0.05, 0.1) is 0 Å². The van der Waals surface area contributed by atoms with E-state index in [1.807, 2.05) is 0 Å². The van der Waals surface area contributed by atoms with Gasteiger partial charge < -0.3 is 11.1 Å². The van der Waals surface area contributed by atoms with Crippen molar-refractivity contribution < 1.29 is 4.79 Å². The monoisotopic (exact) mass is 226 g/mol. The van der Waals surface area contributed by atoms with Gasteiger partial charge in [0, 0.05) is 6.42 Å². The molecule has 3 nitrogen and oxygen atoms in total. The van der Waals surface area contributed by atoms with E-state index in [-0.39, 0.29) is 5.91 Å². The van der Waals surface area contributed by atoms with E-state index in [1.54, 1.807) is 0 Å². The summed E-state index contributed by atoms with van der Waals surface area (Å²) in [5.74, 6) is 0.786. The summed E-state index contributed by atoms with van der Waals surface area (Å²) in [5.41, 5.74) is 5.07. The predicted octanol–water partition coefficient (Wildman–Crippen LogP) is 2.20. The first-order valence-corrected chi connectivity index (χ1v) is 6.78. The highest BCUT2D eigenvalue weighted by Gasteiger charge is 2.12. The summed E-state index contributed by atoms with van der Waals surface area (Å²) < 4.78 is 0. The summed E-state index contributed by atoms with van der Waals surface area (Å²) in [6.07, 6.45) is 11.0. The fourth-order valence-corrected chi connectivity index (χ4v) is 2.46. The Balaban J connectivity index is 1.82. The van der Waals surface area contributed by atoms with Crippen LogP contribution < -0.4 is 11.1 Å². The molecular weight excluding hydrogens is 200 g/mol. The van der Waals surface area contributed by atoms with E-state index in [2.05, 4.69) is 5.32 Å². The van der Waals surface area contributed by atoms with Crippen LogP contribution in [0.3, 0.4) is 0 Å². The van der Waals surface area contributed by atoms with Crippen LogP contribution in [-0.4, -0.2) is 19.0 Å². The van der Waals surface area contributed by atoms with Gasteiger partial charge in [-0.05, 0) is 38.3 Å². The fourth-order valence-electron chi connectivity index (χ4n) is 2.46. The van der Waals surface area contributed by atoms with E-state index < -0.39 is 0 Å². The fraction of sp³-hybridized carbons (Fsp3) is 0.923. The lowest BCUT2D eigenvalue weighted by Crippen LogP contribution is -2.21. The normalized spacial score (nSPS) is 17.5. The van der Waals surface area contributed by atoms with Gasteiger partial charge in [-0.25, -0.2) is 0 Å². The second-order valence-corrected chi connectivity index (χ2v) is 4.97. The Hall–Kier alpha value is -0.570. The third-order valence-corrected chi connectivity index (χ3v) is 3.48. The van der Waals surface area contributed by atoms with Gasteiger partial charge in [0.25, 0.3) is 0 Å². The first-order valence-electron chi connectivity index (χ1n) is 6.78. The molecule has 0 atom stereocenters. The maximum absolute atomic E-state index is 10.5. The Morgan fingerprint density at radius 3 is 2.56 bits per heavy atom. The zero-order valence-electron chi connectivity index (χ0n) is 10.3. The van der Waals surface area contributed by atoms with Crippen molar-refractivity contribution in [1.82, 2.24) is 5.32 Å². The number of nitrogens with two attached hydrogens (primary N) is 1. The van der Waals surface area contributed by atoms with Gasteiger partial charge in [-0.3, -0.25) is 4.79 Å². The molecule has 3 heteroatoms. The molecule has 0 saturated heterocycles. The summed E-state index contributed by atoms with van der Waals surface area (Å²) in [6.45, 7) is 2.17. The summed E-state index contributed by atoms with van der Waals surface area (Å²) in [7, 11) is 0. The summed E-state index contributed by atoms with van der Waals surface area (Å²) in [5, 5.41) is 3.45. The minimum absolute atomic E-state index is 0.179. The number of hydrogen-bond acceptors (Lipinski definition) is 2. The number of primary amides is 1. The number of carbonyl (C=O) groups excluding carboxylic acids is 1. The summed E-state index contributed by atoms with van der Waals surface area (Å²) >= 11 is 0. The van der Waals surface area contributed by atoms with Crippen LogP contribution in [0.1, 0.15) is 57.8 Å². The first-order chi connectivity index (χ1) is 7.79. The van der Waals surface area contributed by atoms with Crippen molar-refractivity contribution in [1.29, 1.82) is 0 Å². The molecule has 0 heterocycles. The van der Waals surface area contributed by atoms with Crippen LogP contribution in [0.25, 0.3) is 0 Å². The second kappa shape index (κ2) is 8.57. The SMILES string of the molecule is NC(=O)CCCCNCCC1CCCCC1. The molecule has 1 saturated carbocycles. The zero-order valence-corrected chi connectivity index (χ0v) is 10.3. The Kier molecular flexibility index (Phi) is 7.23. The third-order valence-electron chi connectivity index (χ3n) is 3.48. The maximum atomic E-state index is 10.5. The Bertz CT molecular complexity index is 188. The molecule has 1 amide bonds. The highest BCUT2D eigenvalue weighted by molar-refractivity contribution is 5.73. The number of unbranched alkanes of at least 4 members (excludes halogenated alkanes) is 1. The van der Waals surface area contributed by atoms with Gasteiger partial charge in [-0.15, -0.1) is 0 Å². The quantitative estimate of drug-likeness (QED) is 0.623. The van der Waals surface area contributed by atoms with Crippen LogP contribution in [0.5, 0.6) is 0 Å². The van der Waals surface area contributed by atoms with Crippen molar-refractivity contribution in [3.8, 4) is 0 Å². The molecule has 0 aliphatic heterocycles. The molecule has 3 N–H and O–H groups in total. The van der Waals surface area contributed by atoms with E-state index in [1.165, 1.54) is 38.5 Å². The highest BCUT2D eigenvalue weighted by Crippen LogP contribution is 2.25. The lowest BCUT2D eigenvalue weighted by molar-refractivity contribution is -0.118. The van der Waals surface area contributed by atoms with Crippen molar-refractivity contribution in [2.75, 3.05) is 13.1 Å². The van der Waals surface area contributed by atoms with Gasteiger partial charge >= 0.3 is 0 Å². The molecule has 0 aromatic rings. The standard InChI is InChI=1S/C13H26N2O/c14-13(16)8-4-5-10-15-11-9-12-6-2-1-3-7-12/h12,15H,1-11H2,(H2,14,16). The van der Waals surface area contributed by atoms with E-state index in [9.17, 15) is 4.79 Å². The van der Waals surface area contributed by atoms with Gasteiger partial charge in [-0.2, -0.15) is 0 Å². The topological polar surface area (TPSA) is 55.1 Å². The first kappa shape index (κ1) is 13.5. The van der Waals surface area contributed by atoms with Crippen LogP contribution in [0.2, 0.25) is 0 Å². The van der Waals surface area contributed by atoms with Crippen molar-refractivity contribution in [2.24, 2.45) is 11.7 Å². The number of nitrogens with one attached hydrogen (secondary N) is 1. The minimum atomic E-state index is -0.179. The Morgan fingerprint density at radius 2 is 1.88 bits per heavy atom. The van der Waals surface area contributed by atoms with Crippen LogP contribution in [0.4, 0.5) is 0 Å². The average Bonchev–Trinajstić information content (AvgIpc) is 2.29. The lowest BCUT2D eigenvalue weighted by atomic mass is 9.87. The largest absolute Gasteiger partial charge is 0.370 e. The molecule has 0 aromatic carbocycles. The van der Waals surface area contributed by atoms with Gasteiger partial charge in [0.15, 0.2) is 0 Å². The summed E-state index contributed by atoms with van der Waals surface area (Å²) in [4.78, 5) is 10.5. The van der Waals surface area contributed by atoms with Crippen LogP contribution in [0.15, 0.2) is 0 Å². The van der Waals surface area contributed by atoms with E-state index in [0.29, 0.717) is 6.42 Å². The average molecular weight is 226 g/mol. The minimum Gasteiger partial charge on any atom is -0.370 e. The van der Waals surface area contributed by atoms with Crippen molar-refractivity contribution in [3.05, 3.63) is 0 Å². The molecule has 1 rings (SSSR count). The smallest absolute Gasteiger partial charge is 0.217 e. The molecule has 1 aliphatic carbocycles. The maximum Gasteiger partial charge on any atom is 0.217 e. The van der Waals surface area contributed by atoms with Crippen LogP contribution >= 0.6 is 0 Å². The highest BCUT2D eigenvalue weighted by atomic mass is 16.1. The number of amides is 1. The number of carbonyl (C=O) groups is 1. The molecule has 94 valence electrons. The van der Waals surface area contributed by atoms with Crippen molar-refractivity contribution in [3.63, 3.8) is 0 Å². The van der Waals surface area contributed by atoms with Gasteiger partial charge in [0.2, 0.25) is 5.91 Å². The lowest BCUT2D eigenvalue weighted by Gasteiger charge is -2.21. The molecule has 1 fully saturated rings. The molecule has 0 radical (unpaired) electrons. The molecule has 0 spiro atoms. The molecule has 0 aromatic heterocycles. The summed E-state index contributed by atoms with van der Waals surface area (Å²) in [6, 6.07) is 0. The van der Waals surface area contributed by atoms with Crippen molar-refractivity contribution in [2.45, 2.75) is 57.8 Å².